The minimum absolute atomic E-state index is 0.302. The number of thiophene rings is 1. The summed E-state index contributed by atoms with van der Waals surface area (Å²) in [5, 5.41) is 1.99. The van der Waals surface area contributed by atoms with E-state index in [2.05, 4.69) is 22.8 Å². The molecule has 2 amide bonds. The number of nitrogens with one attached hydrogen (secondary N) is 2. The summed E-state index contributed by atoms with van der Waals surface area (Å²) in [6, 6.07) is 9.18. The lowest BCUT2D eigenvalue weighted by atomic mass is 10.2. The molecule has 0 saturated carbocycles. The molecule has 2 N–H and O–H groups in total. The number of benzene rings is 1. The summed E-state index contributed by atoms with van der Waals surface area (Å²) in [4.78, 5) is 31.7. The first-order valence-electron chi connectivity index (χ1n) is 8.37. The van der Waals surface area contributed by atoms with Gasteiger partial charge in [-0.05, 0) is 37.1 Å². The fourth-order valence-electron chi connectivity index (χ4n) is 2.47. The van der Waals surface area contributed by atoms with Gasteiger partial charge in [0.1, 0.15) is 0 Å². The number of aromatic nitrogens is 1. The van der Waals surface area contributed by atoms with Crippen LogP contribution in [0.2, 0.25) is 0 Å². The number of nitrogens with zero attached hydrogens (tertiary/aromatic N) is 1. The molecule has 0 saturated heterocycles. The molecule has 1 aromatic carbocycles. The van der Waals surface area contributed by atoms with Crippen LogP contribution in [0.3, 0.4) is 0 Å². The first-order chi connectivity index (χ1) is 13.1. The first-order valence-corrected chi connectivity index (χ1v) is 11.1. The molecule has 5 nitrogen and oxygen atoms in total. The lowest BCUT2D eigenvalue weighted by molar-refractivity contribution is 0.0847. The third-order valence-electron chi connectivity index (χ3n) is 3.85. The van der Waals surface area contributed by atoms with Crippen LogP contribution in [0, 0.1) is 6.92 Å². The van der Waals surface area contributed by atoms with Gasteiger partial charge in [-0.3, -0.25) is 20.4 Å². The van der Waals surface area contributed by atoms with Gasteiger partial charge in [-0.1, -0.05) is 19.1 Å². The second-order valence-electron chi connectivity index (χ2n) is 5.74. The fraction of sp³-hybridized carbons (Fsp3) is 0.211. The van der Waals surface area contributed by atoms with E-state index in [1.165, 1.54) is 16.2 Å². The Hall–Kier alpha value is -2.16. The molecule has 0 bridgehead atoms. The van der Waals surface area contributed by atoms with Crippen LogP contribution in [-0.4, -0.2) is 16.8 Å². The smallest absolute Gasteiger partial charge is 0.267 e. The van der Waals surface area contributed by atoms with Gasteiger partial charge in [-0.15, -0.1) is 34.4 Å². The quantitative estimate of drug-likeness (QED) is 0.459. The summed E-state index contributed by atoms with van der Waals surface area (Å²) in [6.07, 6.45) is 0.889. The van der Waals surface area contributed by atoms with Gasteiger partial charge < -0.3 is 0 Å². The molecule has 0 unspecified atom stereocenters. The Morgan fingerprint density at radius 3 is 2.67 bits per heavy atom. The van der Waals surface area contributed by atoms with E-state index in [0.29, 0.717) is 16.2 Å². The standard InChI is InChI=1S/C19H19N3O2S3/c1-3-15-12(2)8-17(27-15)19(24)22-21-18(23)14-6-4-5-7-16(14)26-10-13-9-25-11-20-13/h4-9,11H,3,10H2,1-2H3,(H,21,23)(H,22,24). The lowest BCUT2D eigenvalue weighted by Crippen LogP contribution is -2.41. The highest BCUT2D eigenvalue weighted by Gasteiger charge is 2.15. The Morgan fingerprint density at radius 1 is 1.19 bits per heavy atom. The fourth-order valence-corrected chi connectivity index (χ4v) is 5.09. The molecular formula is C19H19N3O2S3. The number of carbonyl (C=O) groups excluding carboxylic acids is 2. The van der Waals surface area contributed by atoms with Gasteiger partial charge in [0.15, 0.2) is 0 Å². The highest BCUT2D eigenvalue weighted by molar-refractivity contribution is 7.98. The van der Waals surface area contributed by atoms with Gasteiger partial charge in [0.05, 0.1) is 21.6 Å². The zero-order valence-corrected chi connectivity index (χ0v) is 17.4. The zero-order valence-electron chi connectivity index (χ0n) is 14.9. The normalized spacial score (nSPS) is 10.6. The highest BCUT2D eigenvalue weighted by atomic mass is 32.2. The number of hydrazine groups is 1. The lowest BCUT2D eigenvalue weighted by Gasteiger charge is -2.10. The average molecular weight is 418 g/mol. The first kappa shape index (κ1) is 19.6. The molecule has 0 spiro atoms. The third kappa shape index (κ3) is 4.97. The third-order valence-corrected chi connectivity index (χ3v) is 6.97. The molecule has 2 heterocycles. The Labute approximate surface area is 170 Å². The summed E-state index contributed by atoms with van der Waals surface area (Å²) in [5.41, 5.74) is 9.42. The van der Waals surface area contributed by atoms with Crippen LogP contribution < -0.4 is 10.9 Å². The summed E-state index contributed by atoms with van der Waals surface area (Å²) in [7, 11) is 0. The molecule has 0 aliphatic heterocycles. The van der Waals surface area contributed by atoms with Crippen molar-refractivity contribution in [1.82, 2.24) is 15.8 Å². The van der Waals surface area contributed by atoms with Gasteiger partial charge in [0.25, 0.3) is 11.8 Å². The Balaban J connectivity index is 1.62. The van der Waals surface area contributed by atoms with Crippen LogP contribution in [-0.2, 0) is 12.2 Å². The molecule has 140 valence electrons. The Kier molecular flexibility index (Phi) is 6.65. The maximum absolute atomic E-state index is 12.5. The summed E-state index contributed by atoms with van der Waals surface area (Å²) < 4.78 is 0. The van der Waals surface area contributed by atoms with Gasteiger partial charge in [0, 0.05) is 20.9 Å². The molecule has 0 radical (unpaired) electrons. The number of amides is 2. The molecular weight excluding hydrogens is 398 g/mol. The van der Waals surface area contributed by atoms with Crippen molar-refractivity contribution >= 4 is 46.2 Å². The van der Waals surface area contributed by atoms with Crippen LogP contribution in [0.1, 0.15) is 43.1 Å². The number of thiazole rings is 1. The van der Waals surface area contributed by atoms with Crippen LogP contribution in [0.15, 0.2) is 46.1 Å². The number of thioether (sulfide) groups is 1. The van der Waals surface area contributed by atoms with Gasteiger partial charge >= 0.3 is 0 Å². The number of aryl methyl sites for hydroxylation is 2. The van der Waals surface area contributed by atoms with Crippen molar-refractivity contribution in [3.8, 4) is 0 Å². The van der Waals surface area contributed by atoms with E-state index in [-0.39, 0.29) is 11.8 Å². The molecule has 3 rings (SSSR count). The van der Waals surface area contributed by atoms with Gasteiger partial charge in [0.2, 0.25) is 0 Å². The van der Waals surface area contributed by atoms with E-state index < -0.39 is 0 Å². The summed E-state index contributed by atoms with van der Waals surface area (Å²) >= 11 is 4.54. The van der Waals surface area contributed by atoms with Crippen LogP contribution in [0.4, 0.5) is 0 Å². The predicted molar refractivity (Wildman–Crippen MR) is 111 cm³/mol. The largest absolute Gasteiger partial charge is 0.279 e. The van der Waals surface area contributed by atoms with E-state index in [9.17, 15) is 9.59 Å². The molecule has 3 aromatic rings. The summed E-state index contributed by atoms with van der Waals surface area (Å²) in [6.45, 7) is 4.04. The van der Waals surface area contributed by atoms with E-state index in [4.69, 9.17) is 0 Å². The van der Waals surface area contributed by atoms with E-state index in [0.717, 1.165) is 22.6 Å². The predicted octanol–water partition coefficient (Wildman–Crippen LogP) is 4.44. The number of hydrogen-bond acceptors (Lipinski definition) is 6. The van der Waals surface area contributed by atoms with Crippen molar-refractivity contribution in [2.75, 3.05) is 0 Å². The number of carbonyl (C=O) groups is 2. The van der Waals surface area contributed by atoms with Crippen molar-refractivity contribution in [2.45, 2.75) is 30.9 Å². The maximum Gasteiger partial charge on any atom is 0.279 e. The minimum atomic E-state index is -0.339. The second kappa shape index (κ2) is 9.16. The topological polar surface area (TPSA) is 71.1 Å². The van der Waals surface area contributed by atoms with Crippen molar-refractivity contribution in [3.63, 3.8) is 0 Å². The zero-order chi connectivity index (χ0) is 19.2. The van der Waals surface area contributed by atoms with Crippen molar-refractivity contribution in [2.24, 2.45) is 0 Å². The van der Waals surface area contributed by atoms with Crippen molar-refractivity contribution in [1.29, 1.82) is 0 Å². The molecule has 0 atom stereocenters. The number of hydrogen-bond donors (Lipinski definition) is 2. The van der Waals surface area contributed by atoms with Crippen molar-refractivity contribution in [3.05, 3.63) is 67.8 Å². The van der Waals surface area contributed by atoms with Crippen molar-refractivity contribution < 1.29 is 9.59 Å². The SMILES string of the molecule is CCc1sc(C(=O)NNC(=O)c2ccccc2SCc2cscn2)cc1C. The monoisotopic (exact) mass is 417 g/mol. The van der Waals surface area contributed by atoms with E-state index >= 15 is 0 Å². The van der Waals surface area contributed by atoms with Crippen LogP contribution in [0.5, 0.6) is 0 Å². The maximum atomic E-state index is 12.5. The molecule has 2 aromatic heterocycles. The van der Waals surface area contributed by atoms with Crippen LogP contribution >= 0.6 is 34.4 Å². The van der Waals surface area contributed by atoms with E-state index in [1.54, 1.807) is 40.7 Å². The Morgan fingerprint density at radius 2 is 1.96 bits per heavy atom. The Bertz CT molecular complexity index is 936. The average Bonchev–Trinajstić information content (AvgIpc) is 3.33. The summed E-state index contributed by atoms with van der Waals surface area (Å²) in [5.74, 6) is 0.0477. The molecule has 0 aliphatic rings. The van der Waals surface area contributed by atoms with Crippen LogP contribution in [0.25, 0.3) is 0 Å². The van der Waals surface area contributed by atoms with Gasteiger partial charge in [-0.2, -0.15) is 0 Å². The minimum Gasteiger partial charge on any atom is -0.267 e. The van der Waals surface area contributed by atoms with Gasteiger partial charge in [-0.25, -0.2) is 4.98 Å². The molecule has 27 heavy (non-hydrogen) atoms. The highest BCUT2D eigenvalue weighted by Crippen LogP contribution is 2.26. The molecule has 0 aliphatic carbocycles. The number of rotatable bonds is 6. The molecule has 8 heteroatoms. The molecule has 0 fully saturated rings. The van der Waals surface area contributed by atoms with E-state index in [1.807, 2.05) is 30.5 Å². The second-order valence-corrected chi connectivity index (χ2v) is 8.62.